The summed E-state index contributed by atoms with van der Waals surface area (Å²) < 4.78 is 0. The highest BCUT2D eigenvalue weighted by Gasteiger charge is 2.31. The van der Waals surface area contributed by atoms with Crippen molar-refractivity contribution in [3.05, 3.63) is 29.3 Å². The monoisotopic (exact) mass is 232 g/mol. The molecule has 3 heteroatoms. The fourth-order valence-electron chi connectivity index (χ4n) is 2.39. The second-order valence-electron chi connectivity index (χ2n) is 5.08. The van der Waals surface area contributed by atoms with Crippen LogP contribution < -0.4 is 10.6 Å². The molecule has 17 heavy (non-hydrogen) atoms. The second kappa shape index (κ2) is 4.49. The van der Waals surface area contributed by atoms with Crippen LogP contribution in [0.4, 0.5) is 5.69 Å². The molecule has 2 N–H and O–H groups in total. The standard InChI is InChI=1S/C14H20N2O/c1-9(2)14(17)16-10(3)6-12-5-4-11(8-15)7-13(12)16/h4-5,7,9-10H,6,8,15H2,1-3H3. The number of nitrogens with zero attached hydrogens (tertiary/aromatic N) is 1. The van der Waals surface area contributed by atoms with Gasteiger partial charge in [-0.25, -0.2) is 0 Å². The van der Waals surface area contributed by atoms with Gasteiger partial charge in [0.25, 0.3) is 0 Å². The van der Waals surface area contributed by atoms with Crippen molar-refractivity contribution in [2.45, 2.75) is 39.8 Å². The van der Waals surface area contributed by atoms with Gasteiger partial charge in [0, 0.05) is 24.2 Å². The number of fused-ring (bicyclic) bond motifs is 1. The number of hydrogen-bond acceptors (Lipinski definition) is 2. The average Bonchev–Trinajstić information content (AvgIpc) is 2.62. The number of amides is 1. The minimum Gasteiger partial charge on any atom is -0.326 e. The maximum absolute atomic E-state index is 12.2. The van der Waals surface area contributed by atoms with E-state index < -0.39 is 0 Å². The Morgan fingerprint density at radius 2 is 2.24 bits per heavy atom. The summed E-state index contributed by atoms with van der Waals surface area (Å²) in [4.78, 5) is 14.1. The van der Waals surface area contributed by atoms with Crippen LogP contribution in [0.5, 0.6) is 0 Å². The van der Waals surface area contributed by atoms with E-state index in [2.05, 4.69) is 25.1 Å². The van der Waals surface area contributed by atoms with E-state index in [9.17, 15) is 4.79 Å². The molecule has 1 heterocycles. The number of nitrogens with two attached hydrogens (primary N) is 1. The number of carbonyl (C=O) groups is 1. The summed E-state index contributed by atoms with van der Waals surface area (Å²) in [6.07, 6.45) is 0.943. The van der Waals surface area contributed by atoms with Gasteiger partial charge in [0.15, 0.2) is 0 Å². The van der Waals surface area contributed by atoms with Gasteiger partial charge in [-0.3, -0.25) is 4.79 Å². The Hall–Kier alpha value is -1.35. The highest BCUT2D eigenvalue weighted by atomic mass is 16.2. The third-order valence-electron chi connectivity index (χ3n) is 3.33. The zero-order valence-corrected chi connectivity index (χ0v) is 10.7. The van der Waals surface area contributed by atoms with E-state index in [0.29, 0.717) is 6.54 Å². The van der Waals surface area contributed by atoms with E-state index >= 15 is 0 Å². The first kappa shape index (κ1) is 12.1. The summed E-state index contributed by atoms with van der Waals surface area (Å²) in [5.41, 5.74) is 9.05. The lowest BCUT2D eigenvalue weighted by Gasteiger charge is -2.25. The predicted molar refractivity (Wildman–Crippen MR) is 69.8 cm³/mol. The van der Waals surface area contributed by atoms with Crippen molar-refractivity contribution in [3.8, 4) is 0 Å². The summed E-state index contributed by atoms with van der Waals surface area (Å²) in [5, 5.41) is 0. The van der Waals surface area contributed by atoms with E-state index in [4.69, 9.17) is 5.73 Å². The average molecular weight is 232 g/mol. The summed E-state index contributed by atoms with van der Waals surface area (Å²) in [7, 11) is 0. The van der Waals surface area contributed by atoms with Crippen molar-refractivity contribution >= 4 is 11.6 Å². The molecule has 0 radical (unpaired) electrons. The van der Waals surface area contributed by atoms with Gasteiger partial charge < -0.3 is 10.6 Å². The summed E-state index contributed by atoms with van der Waals surface area (Å²) >= 11 is 0. The number of benzene rings is 1. The number of anilines is 1. The van der Waals surface area contributed by atoms with Gasteiger partial charge in [-0.05, 0) is 30.5 Å². The molecule has 1 aromatic carbocycles. The van der Waals surface area contributed by atoms with Gasteiger partial charge in [0.1, 0.15) is 0 Å². The molecule has 1 atom stereocenters. The highest BCUT2D eigenvalue weighted by Crippen LogP contribution is 2.34. The van der Waals surface area contributed by atoms with Crippen molar-refractivity contribution in [2.75, 3.05) is 4.90 Å². The molecular weight excluding hydrogens is 212 g/mol. The summed E-state index contributed by atoms with van der Waals surface area (Å²) in [6, 6.07) is 6.46. The SMILES string of the molecule is CC(C)C(=O)N1c2cc(CN)ccc2CC1C. The maximum atomic E-state index is 12.2. The quantitative estimate of drug-likeness (QED) is 0.848. The van der Waals surface area contributed by atoms with Crippen LogP contribution in [-0.2, 0) is 17.8 Å². The molecule has 0 saturated heterocycles. The molecule has 1 aliphatic heterocycles. The molecule has 0 aliphatic carbocycles. The first-order valence-electron chi connectivity index (χ1n) is 6.19. The topological polar surface area (TPSA) is 46.3 Å². The minimum absolute atomic E-state index is 0.0323. The number of rotatable bonds is 2. The number of carbonyl (C=O) groups excluding carboxylic acids is 1. The van der Waals surface area contributed by atoms with Gasteiger partial charge in [-0.1, -0.05) is 26.0 Å². The Morgan fingerprint density at radius 1 is 1.53 bits per heavy atom. The van der Waals surface area contributed by atoms with Crippen LogP contribution in [0.2, 0.25) is 0 Å². The normalized spacial score (nSPS) is 18.6. The van der Waals surface area contributed by atoms with Crippen molar-refractivity contribution in [2.24, 2.45) is 11.7 Å². The Morgan fingerprint density at radius 3 is 2.82 bits per heavy atom. The molecule has 0 aromatic heterocycles. The van der Waals surface area contributed by atoms with Crippen LogP contribution in [0.1, 0.15) is 31.9 Å². The maximum Gasteiger partial charge on any atom is 0.229 e. The van der Waals surface area contributed by atoms with Crippen LogP contribution in [0.3, 0.4) is 0 Å². The summed E-state index contributed by atoms with van der Waals surface area (Å²) in [5.74, 6) is 0.232. The highest BCUT2D eigenvalue weighted by molar-refractivity contribution is 5.97. The molecule has 1 amide bonds. The van der Waals surface area contributed by atoms with E-state index in [1.807, 2.05) is 18.7 Å². The zero-order valence-electron chi connectivity index (χ0n) is 10.7. The summed E-state index contributed by atoms with van der Waals surface area (Å²) in [6.45, 7) is 6.51. The lowest BCUT2D eigenvalue weighted by molar-refractivity contribution is -0.121. The molecule has 0 bridgehead atoms. The molecule has 0 fully saturated rings. The van der Waals surface area contributed by atoms with E-state index in [1.165, 1.54) is 5.56 Å². The Bertz CT molecular complexity index is 440. The number of hydrogen-bond donors (Lipinski definition) is 1. The van der Waals surface area contributed by atoms with Gasteiger partial charge in [0.2, 0.25) is 5.91 Å². The third kappa shape index (κ3) is 2.07. The molecule has 1 unspecified atom stereocenters. The Labute approximate surface area is 103 Å². The van der Waals surface area contributed by atoms with Gasteiger partial charge in [0.05, 0.1) is 0 Å². The van der Waals surface area contributed by atoms with Crippen LogP contribution in [0.25, 0.3) is 0 Å². The smallest absolute Gasteiger partial charge is 0.229 e. The molecule has 0 spiro atoms. The van der Waals surface area contributed by atoms with E-state index in [0.717, 1.165) is 17.7 Å². The Balaban J connectivity index is 2.41. The fraction of sp³-hybridized carbons (Fsp3) is 0.500. The molecule has 2 rings (SSSR count). The van der Waals surface area contributed by atoms with Gasteiger partial charge in [-0.15, -0.1) is 0 Å². The van der Waals surface area contributed by atoms with Crippen molar-refractivity contribution in [3.63, 3.8) is 0 Å². The molecular formula is C14H20N2O. The molecule has 1 aromatic rings. The van der Waals surface area contributed by atoms with Crippen LogP contribution in [-0.4, -0.2) is 11.9 Å². The zero-order chi connectivity index (χ0) is 12.6. The lowest BCUT2D eigenvalue weighted by Crippen LogP contribution is -2.38. The fourth-order valence-corrected chi connectivity index (χ4v) is 2.39. The molecule has 3 nitrogen and oxygen atoms in total. The minimum atomic E-state index is 0.0323. The molecule has 1 aliphatic rings. The predicted octanol–water partition coefficient (Wildman–Crippen LogP) is 2.08. The second-order valence-corrected chi connectivity index (χ2v) is 5.08. The van der Waals surface area contributed by atoms with Crippen molar-refractivity contribution in [1.29, 1.82) is 0 Å². The van der Waals surface area contributed by atoms with Crippen LogP contribution in [0.15, 0.2) is 18.2 Å². The third-order valence-corrected chi connectivity index (χ3v) is 3.33. The molecule has 92 valence electrons. The van der Waals surface area contributed by atoms with Gasteiger partial charge >= 0.3 is 0 Å². The Kier molecular flexibility index (Phi) is 3.20. The van der Waals surface area contributed by atoms with E-state index in [-0.39, 0.29) is 17.9 Å². The van der Waals surface area contributed by atoms with Crippen molar-refractivity contribution < 1.29 is 4.79 Å². The van der Waals surface area contributed by atoms with Gasteiger partial charge in [-0.2, -0.15) is 0 Å². The first-order chi connectivity index (χ1) is 8.04. The first-order valence-corrected chi connectivity index (χ1v) is 6.19. The molecule has 0 saturated carbocycles. The largest absolute Gasteiger partial charge is 0.326 e. The lowest BCUT2D eigenvalue weighted by atomic mass is 10.1. The van der Waals surface area contributed by atoms with Crippen LogP contribution >= 0.6 is 0 Å². The van der Waals surface area contributed by atoms with E-state index in [1.54, 1.807) is 0 Å². The van der Waals surface area contributed by atoms with Crippen molar-refractivity contribution in [1.82, 2.24) is 0 Å². The van der Waals surface area contributed by atoms with Crippen LogP contribution in [0, 0.1) is 5.92 Å².